The molecule has 0 N–H and O–H groups in total. The molecule has 0 heterocycles. The first-order chi connectivity index (χ1) is 7.56. The van der Waals surface area contributed by atoms with Gasteiger partial charge in [0.05, 0.1) is 4.92 Å². The van der Waals surface area contributed by atoms with Gasteiger partial charge in [0.25, 0.3) is 12.1 Å². The predicted octanol–water partition coefficient (Wildman–Crippen LogP) is 3.70. The second-order valence-electron chi connectivity index (χ2n) is 3.23. The largest absolute Gasteiger partial charge is 0.269 e. The standard InChI is InChI=1S/C10H10ClF2NO2/c11-5-1-2-7-6-8(14(15)16)3-4-9(7)10(12)13/h3-4,6,10H,1-2,5H2. The highest BCUT2D eigenvalue weighted by molar-refractivity contribution is 6.17. The molecular weight excluding hydrogens is 240 g/mol. The van der Waals surface area contributed by atoms with Gasteiger partial charge in [-0.25, -0.2) is 8.78 Å². The molecule has 1 aromatic carbocycles. The van der Waals surface area contributed by atoms with Crippen LogP contribution in [0.25, 0.3) is 0 Å². The lowest BCUT2D eigenvalue weighted by Crippen LogP contribution is -1.98. The number of hydrogen-bond acceptors (Lipinski definition) is 2. The fourth-order valence-electron chi connectivity index (χ4n) is 1.39. The van der Waals surface area contributed by atoms with Crippen LogP contribution in [0, 0.1) is 10.1 Å². The number of aryl methyl sites for hydroxylation is 1. The SMILES string of the molecule is O=[N+]([O-])c1ccc(C(F)F)c(CCCCl)c1. The first-order valence-electron chi connectivity index (χ1n) is 4.67. The number of benzene rings is 1. The fraction of sp³-hybridized carbons (Fsp3) is 0.400. The van der Waals surface area contributed by atoms with Gasteiger partial charge >= 0.3 is 0 Å². The topological polar surface area (TPSA) is 43.1 Å². The second kappa shape index (κ2) is 5.75. The van der Waals surface area contributed by atoms with E-state index in [0.717, 1.165) is 12.1 Å². The maximum atomic E-state index is 12.6. The van der Waals surface area contributed by atoms with Crippen molar-refractivity contribution in [3.05, 3.63) is 39.4 Å². The number of nitrogens with zero attached hydrogens (tertiary/aromatic N) is 1. The van der Waals surface area contributed by atoms with Crippen LogP contribution < -0.4 is 0 Å². The molecule has 0 saturated heterocycles. The van der Waals surface area contributed by atoms with Crippen LogP contribution in [0.5, 0.6) is 0 Å². The molecule has 0 spiro atoms. The van der Waals surface area contributed by atoms with Crippen LogP contribution in [-0.2, 0) is 6.42 Å². The fourth-order valence-corrected chi connectivity index (χ4v) is 1.53. The van der Waals surface area contributed by atoms with Gasteiger partial charge in [0.2, 0.25) is 0 Å². The third-order valence-corrected chi connectivity index (χ3v) is 2.42. The molecule has 0 aromatic heterocycles. The molecule has 0 atom stereocenters. The average Bonchev–Trinajstić information content (AvgIpc) is 2.25. The summed E-state index contributed by atoms with van der Waals surface area (Å²) in [6.07, 6.45) is -1.78. The smallest absolute Gasteiger partial charge is 0.258 e. The summed E-state index contributed by atoms with van der Waals surface area (Å²) in [5.41, 5.74) is -0.0328. The molecule has 1 rings (SSSR count). The molecule has 0 aliphatic heterocycles. The Bertz CT molecular complexity index is 385. The second-order valence-corrected chi connectivity index (χ2v) is 3.61. The minimum absolute atomic E-state index is 0.157. The highest BCUT2D eigenvalue weighted by Gasteiger charge is 2.16. The monoisotopic (exact) mass is 249 g/mol. The number of rotatable bonds is 5. The van der Waals surface area contributed by atoms with Crippen LogP contribution in [0.1, 0.15) is 24.0 Å². The summed E-state index contributed by atoms with van der Waals surface area (Å²) < 4.78 is 25.2. The summed E-state index contributed by atoms with van der Waals surface area (Å²) >= 11 is 5.46. The number of halogens is 3. The molecular formula is C10H10ClF2NO2. The average molecular weight is 250 g/mol. The van der Waals surface area contributed by atoms with Crippen LogP contribution in [-0.4, -0.2) is 10.8 Å². The van der Waals surface area contributed by atoms with E-state index in [-0.39, 0.29) is 11.3 Å². The van der Waals surface area contributed by atoms with Crippen LogP contribution in [0.3, 0.4) is 0 Å². The van der Waals surface area contributed by atoms with E-state index in [1.807, 2.05) is 0 Å². The molecule has 0 amide bonds. The Morgan fingerprint density at radius 1 is 1.44 bits per heavy atom. The Kier molecular flexibility index (Phi) is 4.61. The van der Waals surface area contributed by atoms with Gasteiger partial charge in [0.15, 0.2) is 0 Å². The Balaban J connectivity index is 3.05. The molecule has 0 saturated carbocycles. The predicted molar refractivity (Wildman–Crippen MR) is 57.1 cm³/mol. The van der Waals surface area contributed by atoms with E-state index in [1.165, 1.54) is 6.07 Å². The van der Waals surface area contributed by atoms with E-state index in [2.05, 4.69) is 0 Å². The molecule has 0 aliphatic carbocycles. The first-order valence-corrected chi connectivity index (χ1v) is 5.21. The van der Waals surface area contributed by atoms with Gasteiger partial charge < -0.3 is 0 Å². The number of hydrogen-bond donors (Lipinski definition) is 0. The van der Waals surface area contributed by atoms with Crippen LogP contribution >= 0.6 is 11.6 Å². The molecule has 3 nitrogen and oxygen atoms in total. The van der Waals surface area contributed by atoms with Gasteiger partial charge in [-0.2, -0.15) is 0 Å². The van der Waals surface area contributed by atoms with Crippen molar-refractivity contribution >= 4 is 17.3 Å². The quantitative estimate of drug-likeness (QED) is 0.454. The van der Waals surface area contributed by atoms with Gasteiger partial charge in [-0.05, 0) is 24.5 Å². The van der Waals surface area contributed by atoms with E-state index >= 15 is 0 Å². The van der Waals surface area contributed by atoms with E-state index in [9.17, 15) is 18.9 Å². The highest BCUT2D eigenvalue weighted by Crippen LogP contribution is 2.27. The Morgan fingerprint density at radius 2 is 2.12 bits per heavy atom. The zero-order valence-electron chi connectivity index (χ0n) is 8.33. The molecule has 0 radical (unpaired) electrons. The maximum Gasteiger partial charge on any atom is 0.269 e. The lowest BCUT2D eigenvalue weighted by atomic mass is 10.0. The van der Waals surface area contributed by atoms with Crippen LogP contribution in [0.15, 0.2) is 18.2 Å². The lowest BCUT2D eigenvalue weighted by Gasteiger charge is -2.07. The van der Waals surface area contributed by atoms with Crippen molar-refractivity contribution in [3.8, 4) is 0 Å². The Morgan fingerprint density at radius 3 is 2.62 bits per heavy atom. The summed E-state index contributed by atoms with van der Waals surface area (Å²) in [5, 5.41) is 10.5. The van der Waals surface area contributed by atoms with E-state index < -0.39 is 11.3 Å². The molecule has 0 bridgehead atoms. The summed E-state index contributed by atoms with van der Waals surface area (Å²) in [4.78, 5) is 9.90. The number of nitro groups is 1. The Hall–Kier alpha value is -1.23. The van der Waals surface area contributed by atoms with Crippen molar-refractivity contribution in [1.29, 1.82) is 0 Å². The van der Waals surface area contributed by atoms with E-state index in [1.54, 1.807) is 0 Å². The lowest BCUT2D eigenvalue weighted by molar-refractivity contribution is -0.384. The molecule has 88 valence electrons. The van der Waals surface area contributed by atoms with Crippen LogP contribution in [0.2, 0.25) is 0 Å². The molecule has 6 heteroatoms. The van der Waals surface area contributed by atoms with Crippen LogP contribution in [0.4, 0.5) is 14.5 Å². The van der Waals surface area contributed by atoms with Gasteiger partial charge in [-0.1, -0.05) is 0 Å². The zero-order chi connectivity index (χ0) is 12.1. The third kappa shape index (κ3) is 3.13. The van der Waals surface area contributed by atoms with Gasteiger partial charge in [-0.15, -0.1) is 11.6 Å². The molecule has 16 heavy (non-hydrogen) atoms. The number of nitro benzene ring substituents is 1. The highest BCUT2D eigenvalue weighted by atomic mass is 35.5. The van der Waals surface area contributed by atoms with Crippen molar-refractivity contribution in [3.63, 3.8) is 0 Å². The van der Waals surface area contributed by atoms with Crippen molar-refractivity contribution < 1.29 is 13.7 Å². The van der Waals surface area contributed by atoms with Crippen molar-refractivity contribution in [1.82, 2.24) is 0 Å². The Labute approximate surface area is 96.2 Å². The van der Waals surface area contributed by atoms with Crippen molar-refractivity contribution in [2.45, 2.75) is 19.3 Å². The van der Waals surface area contributed by atoms with Crippen molar-refractivity contribution in [2.75, 3.05) is 5.88 Å². The van der Waals surface area contributed by atoms with E-state index in [4.69, 9.17) is 11.6 Å². The summed E-state index contributed by atoms with van der Waals surface area (Å²) in [7, 11) is 0. The van der Waals surface area contributed by atoms with Crippen molar-refractivity contribution in [2.24, 2.45) is 0 Å². The number of alkyl halides is 3. The molecule has 0 fully saturated rings. The maximum absolute atomic E-state index is 12.6. The summed E-state index contributed by atoms with van der Waals surface area (Å²) in [6.45, 7) is 0. The normalized spacial score (nSPS) is 10.8. The summed E-state index contributed by atoms with van der Waals surface area (Å²) in [6, 6.07) is 3.38. The molecule has 0 aliphatic rings. The minimum Gasteiger partial charge on any atom is -0.258 e. The summed E-state index contributed by atoms with van der Waals surface area (Å²) in [5.74, 6) is 0.339. The molecule has 1 aromatic rings. The van der Waals surface area contributed by atoms with Gasteiger partial charge in [0.1, 0.15) is 0 Å². The molecule has 0 unspecified atom stereocenters. The number of non-ortho nitro benzene ring substituents is 1. The van der Waals surface area contributed by atoms with Gasteiger partial charge in [-0.3, -0.25) is 10.1 Å². The minimum atomic E-state index is -2.62. The zero-order valence-corrected chi connectivity index (χ0v) is 9.08. The van der Waals surface area contributed by atoms with E-state index in [0.29, 0.717) is 24.3 Å². The third-order valence-electron chi connectivity index (χ3n) is 2.15. The first kappa shape index (κ1) is 12.8. The van der Waals surface area contributed by atoms with Gasteiger partial charge in [0, 0.05) is 23.6 Å².